The van der Waals surface area contributed by atoms with E-state index in [9.17, 15) is 4.79 Å². The van der Waals surface area contributed by atoms with Gasteiger partial charge in [-0.3, -0.25) is 14.3 Å². The van der Waals surface area contributed by atoms with Crippen LogP contribution in [0, 0.1) is 11.8 Å². The third kappa shape index (κ3) is 6.50. The van der Waals surface area contributed by atoms with Crippen LogP contribution in [0.3, 0.4) is 0 Å². The van der Waals surface area contributed by atoms with Crippen molar-refractivity contribution in [2.75, 3.05) is 24.6 Å². The highest BCUT2D eigenvalue weighted by Crippen LogP contribution is 2.34. The summed E-state index contributed by atoms with van der Waals surface area (Å²) in [6.45, 7) is 5.10. The average molecular weight is 650 g/mol. The normalized spacial score (nSPS) is 27.4. The summed E-state index contributed by atoms with van der Waals surface area (Å²) >= 11 is 12.4. The summed E-state index contributed by atoms with van der Waals surface area (Å²) < 4.78 is 3.41. The van der Waals surface area contributed by atoms with Crippen molar-refractivity contribution in [2.24, 2.45) is 11.8 Å². The number of hydrazine groups is 1. The minimum atomic E-state index is -0.0842. The zero-order valence-corrected chi connectivity index (χ0v) is 26.7. The van der Waals surface area contributed by atoms with Crippen molar-refractivity contribution in [3.8, 4) is 16.9 Å². The Morgan fingerprint density at radius 2 is 1.87 bits per heavy atom. The van der Waals surface area contributed by atoms with Crippen LogP contribution in [0.4, 0.5) is 5.69 Å². The molecule has 3 fully saturated rings. The lowest BCUT2D eigenvalue weighted by atomic mass is 9.80. The zero-order chi connectivity index (χ0) is 30.9. The minimum Gasteiger partial charge on any atom is -0.312 e. The fourth-order valence-corrected chi connectivity index (χ4v) is 7.61. The van der Waals surface area contributed by atoms with Gasteiger partial charge >= 0.3 is 0 Å². The topological polar surface area (TPSA) is 118 Å². The standard InChI is InChI=1S/C32H38Cl2N10O/c1-20-3-2-4-29(26-13-21(7-12-36-26)32-27(37-16-20)17-43(40-32)23-8-10-35-11-9-23)42-19-38-25(15-31(42)45)24-14-22(33)5-6-28(24)44-18-30(34)39-41-44/h5-6,8-11,14-15,18-21,26-27,29,32,36-37,40H,2-4,7,12-13,16-17H2,1H3/t20-,21?,26?,27?,29+,32?/m1/s1. The van der Waals surface area contributed by atoms with Gasteiger partial charge in [-0.2, -0.15) is 0 Å². The molecule has 13 heteroatoms. The Morgan fingerprint density at radius 3 is 2.67 bits per heavy atom. The first kappa shape index (κ1) is 30.3. The Morgan fingerprint density at radius 1 is 1.00 bits per heavy atom. The molecule has 236 valence electrons. The number of hydrogen-bond donors (Lipinski definition) is 3. The first-order chi connectivity index (χ1) is 21.9. The van der Waals surface area contributed by atoms with Gasteiger partial charge in [0.1, 0.15) is 0 Å². The van der Waals surface area contributed by atoms with Gasteiger partial charge in [0.25, 0.3) is 5.56 Å². The summed E-state index contributed by atoms with van der Waals surface area (Å²) in [4.78, 5) is 22.9. The van der Waals surface area contributed by atoms with E-state index in [1.54, 1.807) is 35.4 Å². The number of aromatic nitrogens is 6. The van der Waals surface area contributed by atoms with Crippen molar-refractivity contribution in [1.82, 2.24) is 45.6 Å². The molecule has 3 aromatic heterocycles. The predicted octanol–water partition coefficient (Wildman–Crippen LogP) is 4.27. The number of pyridine rings is 1. The van der Waals surface area contributed by atoms with E-state index in [1.165, 1.54) is 0 Å². The number of anilines is 1. The van der Waals surface area contributed by atoms with E-state index >= 15 is 0 Å². The molecule has 0 aliphatic carbocycles. The van der Waals surface area contributed by atoms with Crippen molar-refractivity contribution >= 4 is 28.9 Å². The minimum absolute atomic E-state index is 0.00876. The Balaban J connectivity index is 1.18. The Kier molecular flexibility index (Phi) is 8.87. The number of halogens is 2. The molecule has 0 saturated carbocycles. The van der Waals surface area contributed by atoms with E-state index in [-0.39, 0.29) is 22.8 Å². The summed E-state index contributed by atoms with van der Waals surface area (Å²) in [6.07, 6.45) is 12.1. The van der Waals surface area contributed by atoms with Gasteiger partial charge in [0.15, 0.2) is 5.15 Å². The summed E-state index contributed by atoms with van der Waals surface area (Å²) in [7, 11) is 0. The van der Waals surface area contributed by atoms with Gasteiger partial charge in [-0.15, -0.1) is 5.10 Å². The van der Waals surface area contributed by atoms with Crippen LogP contribution in [0.1, 0.15) is 45.1 Å². The Hall–Kier alpha value is -3.35. The van der Waals surface area contributed by atoms with Gasteiger partial charge in [-0.1, -0.05) is 41.8 Å². The van der Waals surface area contributed by atoms with E-state index < -0.39 is 0 Å². The molecule has 3 aliphatic heterocycles. The number of hydrogen-bond acceptors (Lipinski definition) is 9. The first-order valence-electron chi connectivity index (χ1n) is 15.8. The maximum Gasteiger partial charge on any atom is 0.254 e. The van der Waals surface area contributed by atoms with Crippen molar-refractivity contribution < 1.29 is 0 Å². The van der Waals surface area contributed by atoms with Crippen LogP contribution in [0.15, 0.2) is 66.1 Å². The Bertz CT molecular complexity index is 1680. The second-order valence-corrected chi connectivity index (χ2v) is 13.4. The molecule has 3 aliphatic rings. The quantitative estimate of drug-likeness (QED) is 0.298. The van der Waals surface area contributed by atoms with Gasteiger partial charge in [0, 0.05) is 47.2 Å². The molecule has 2 bridgehead atoms. The van der Waals surface area contributed by atoms with E-state index in [4.69, 9.17) is 28.2 Å². The molecule has 6 atom stereocenters. The van der Waals surface area contributed by atoms with Crippen LogP contribution < -0.4 is 26.6 Å². The number of benzene rings is 1. The molecule has 3 N–H and O–H groups in total. The second-order valence-electron chi connectivity index (χ2n) is 12.6. The van der Waals surface area contributed by atoms with Crippen LogP contribution in [0.25, 0.3) is 16.9 Å². The molecule has 45 heavy (non-hydrogen) atoms. The molecule has 7 rings (SSSR count). The maximum atomic E-state index is 13.9. The molecule has 0 amide bonds. The summed E-state index contributed by atoms with van der Waals surface area (Å²) in [5.74, 6) is 0.974. The lowest BCUT2D eigenvalue weighted by Crippen LogP contribution is -2.54. The molecule has 3 saturated heterocycles. The third-order valence-electron chi connectivity index (χ3n) is 9.61. The second kappa shape index (κ2) is 13.2. The fraction of sp³-hybridized carbons (Fsp3) is 0.469. The van der Waals surface area contributed by atoms with Crippen LogP contribution in [0.5, 0.6) is 0 Å². The highest BCUT2D eigenvalue weighted by molar-refractivity contribution is 6.31. The highest BCUT2D eigenvalue weighted by Gasteiger charge is 2.41. The molecule has 0 spiro atoms. The molecular weight excluding hydrogens is 611 g/mol. The van der Waals surface area contributed by atoms with Crippen LogP contribution in [-0.2, 0) is 0 Å². The van der Waals surface area contributed by atoms with Crippen molar-refractivity contribution in [3.05, 3.63) is 81.8 Å². The summed E-state index contributed by atoms with van der Waals surface area (Å²) in [6, 6.07) is 11.9. The highest BCUT2D eigenvalue weighted by atomic mass is 35.5. The van der Waals surface area contributed by atoms with Crippen LogP contribution in [-0.4, -0.2) is 67.3 Å². The average Bonchev–Trinajstić information content (AvgIpc) is 3.69. The predicted molar refractivity (Wildman–Crippen MR) is 176 cm³/mol. The van der Waals surface area contributed by atoms with Crippen LogP contribution >= 0.6 is 23.2 Å². The lowest BCUT2D eigenvalue weighted by molar-refractivity contribution is 0.177. The number of rotatable bonds is 4. The lowest BCUT2D eigenvalue weighted by Gasteiger charge is -2.40. The smallest absolute Gasteiger partial charge is 0.254 e. The molecule has 6 heterocycles. The molecule has 0 radical (unpaired) electrons. The largest absolute Gasteiger partial charge is 0.312 e. The van der Waals surface area contributed by atoms with Crippen molar-refractivity contribution in [3.63, 3.8) is 0 Å². The van der Waals surface area contributed by atoms with Gasteiger partial charge in [0.05, 0.1) is 42.2 Å². The third-order valence-corrected chi connectivity index (χ3v) is 10.0. The van der Waals surface area contributed by atoms with E-state index in [0.717, 1.165) is 57.4 Å². The number of nitrogens with zero attached hydrogens (tertiary/aromatic N) is 7. The first-order valence-corrected chi connectivity index (χ1v) is 16.6. The van der Waals surface area contributed by atoms with Crippen LogP contribution in [0.2, 0.25) is 10.2 Å². The number of piperidine rings is 1. The van der Waals surface area contributed by atoms with Crippen molar-refractivity contribution in [1.29, 1.82) is 0 Å². The number of nitrogens with one attached hydrogen (secondary N) is 3. The van der Waals surface area contributed by atoms with E-state index in [1.807, 2.05) is 23.0 Å². The summed E-state index contributed by atoms with van der Waals surface area (Å²) in [5, 5.41) is 18.8. The Labute approximate surface area is 272 Å². The molecule has 11 nitrogen and oxygen atoms in total. The molecule has 4 unspecified atom stereocenters. The fourth-order valence-electron chi connectivity index (χ4n) is 7.31. The van der Waals surface area contributed by atoms with Gasteiger partial charge in [0.2, 0.25) is 0 Å². The van der Waals surface area contributed by atoms with E-state index in [0.29, 0.717) is 45.9 Å². The summed E-state index contributed by atoms with van der Waals surface area (Å²) in [5.41, 5.74) is 6.79. The zero-order valence-electron chi connectivity index (χ0n) is 25.2. The SMILES string of the molecule is C[C@@H]1CCC[C@H](n2cnc(-c3cc(Cl)ccc3-n3cc(Cl)nn3)cc2=O)C2CC(CCN2)C2NN(c3ccncc3)CC2NC1. The molecule has 1 aromatic carbocycles. The van der Waals surface area contributed by atoms with Gasteiger partial charge in [-0.25, -0.2) is 15.1 Å². The maximum absolute atomic E-state index is 13.9. The van der Waals surface area contributed by atoms with Gasteiger partial charge < -0.3 is 15.6 Å². The van der Waals surface area contributed by atoms with Crippen molar-refractivity contribution in [2.45, 2.75) is 63.2 Å². The monoisotopic (exact) mass is 648 g/mol. The molecular formula is C32H38Cl2N10O. The molecule has 4 aromatic rings. The number of fused-ring (bicyclic) bond motifs is 4. The van der Waals surface area contributed by atoms with Gasteiger partial charge in [-0.05, 0) is 80.9 Å². The van der Waals surface area contributed by atoms with E-state index in [2.05, 4.69) is 55.4 Å².